The van der Waals surface area contributed by atoms with Crippen LogP contribution in [-0.4, -0.2) is 16.1 Å². The summed E-state index contributed by atoms with van der Waals surface area (Å²) >= 11 is 2.78. The van der Waals surface area contributed by atoms with Gasteiger partial charge in [-0.2, -0.15) is 0 Å². The minimum Gasteiger partial charge on any atom is -0.477 e. The van der Waals surface area contributed by atoms with Crippen molar-refractivity contribution in [2.75, 3.05) is 0 Å². The molecule has 0 saturated carbocycles. The largest absolute Gasteiger partial charge is 0.477 e. The third-order valence-corrected chi connectivity index (χ3v) is 1.89. The van der Waals surface area contributed by atoms with Gasteiger partial charge in [0.15, 0.2) is 5.43 Å². The van der Waals surface area contributed by atoms with E-state index in [2.05, 4.69) is 20.9 Å². The first-order chi connectivity index (χ1) is 6.43. The summed E-state index contributed by atoms with van der Waals surface area (Å²) < 4.78 is 24.6. The van der Waals surface area contributed by atoms with Crippen molar-refractivity contribution in [3.8, 4) is 0 Å². The summed E-state index contributed by atoms with van der Waals surface area (Å²) in [6.07, 6.45) is -3.04. The lowest BCUT2D eigenvalue weighted by Crippen LogP contribution is -2.19. The van der Waals surface area contributed by atoms with E-state index in [1.165, 1.54) is 0 Å². The molecule has 1 rings (SSSR count). The summed E-state index contributed by atoms with van der Waals surface area (Å²) in [5.74, 6) is -1.67. The molecular weight excluding hydrogens is 264 g/mol. The Morgan fingerprint density at radius 3 is 2.57 bits per heavy atom. The second kappa shape index (κ2) is 3.87. The van der Waals surface area contributed by atoms with E-state index in [1.54, 1.807) is 0 Å². The van der Waals surface area contributed by atoms with Gasteiger partial charge >= 0.3 is 5.97 Å². The van der Waals surface area contributed by atoms with Gasteiger partial charge in [-0.1, -0.05) is 0 Å². The molecule has 76 valence electrons. The maximum absolute atomic E-state index is 12.3. The van der Waals surface area contributed by atoms with Crippen LogP contribution in [-0.2, 0) is 0 Å². The minimum atomic E-state index is -3.04. The normalized spacial score (nSPS) is 10.6. The summed E-state index contributed by atoms with van der Waals surface area (Å²) in [5, 5.41) is 8.52. The van der Waals surface area contributed by atoms with Crippen LogP contribution in [0.15, 0.2) is 15.5 Å². The van der Waals surface area contributed by atoms with Crippen LogP contribution < -0.4 is 5.43 Å². The number of carboxylic acids is 1. The molecule has 0 amide bonds. The first-order valence-corrected chi connectivity index (χ1v) is 4.17. The average molecular weight is 268 g/mol. The summed E-state index contributed by atoms with van der Waals surface area (Å²) in [4.78, 5) is 23.6. The number of aromatic carboxylic acids is 1. The van der Waals surface area contributed by atoms with Crippen LogP contribution >= 0.6 is 15.9 Å². The van der Waals surface area contributed by atoms with Crippen molar-refractivity contribution in [2.24, 2.45) is 0 Å². The molecule has 2 N–H and O–H groups in total. The number of H-pyrrole nitrogens is 1. The smallest absolute Gasteiger partial charge is 0.341 e. The number of aromatic amines is 1. The Kier molecular flexibility index (Phi) is 3.00. The molecule has 0 aliphatic carbocycles. The molecule has 14 heavy (non-hydrogen) atoms. The van der Waals surface area contributed by atoms with Gasteiger partial charge in [0, 0.05) is 6.07 Å². The van der Waals surface area contributed by atoms with Gasteiger partial charge in [-0.05, 0) is 15.9 Å². The van der Waals surface area contributed by atoms with Gasteiger partial charge in [0.25, 0.3) is 6.43 Å². The van der Waals surface area contributed by atoms with Crippen LogP contribution in [0.4, 0.5) is 8.78 Å². The van der Waals surface area contributed by atoms with E-state index >= 15 is 0 Å². The number of nitrogens with one attached hydrogen (secondary N) is 1. The maximum Gasteiger partial charge on any atom is 0.341 e. The van der Waals surface area contributed by atoms with E-state index < -0.39 is 29.1 Å². The van der Waals surface area contributed by atoms with E-state index in [1.807, 2.05) is 0 Å². The molecule has 0 unspecified atom stereocenters. The van der Waals surface area contributed by atoms with Crippen LogP contribution in [0.3, 0.4) is 0 Å². The second-order valence-electron chi connectivity index (χ2n) is 2.38. The number of halogens is 3. The highest BCUT2D eigenvalue weighted by atomic mass is 79.9. The van der Waals surface area contributed by atoms with Gasteiger partial charge in [0.05, 0.1) is 4.60 Å². The molecule has 1 heterocycles. The Hall–Kier alpha value is -1.24. The predicted molar refractivity (Wildman–Crippen MR) is 46.7 cm³/mol. The molecule has 7 heteroatoms. The summed E-state index contributed by atoms with van der Waals surface area (Å²) in [6.45, 7) is 0. The van der Waals surface area contributed by atoms with Crippen molar-refractivity contribution in [3.63, 3.8) is 0 Å². The second-order valence-corrected chi connectivity index (χ2v) is 3.23. The quantitative estimate of drug-likeness (QED) is 0.803. The number of hydrogen-bond acceptors (Lipinski definition) is 2. The van der Waals surface area contributed by atoms with Crippen LogP contribution in [0.5, 0.6) is 0 Å². The molecule has 0 aliphatic rings. The number of pyridine rings is 1. The standard InChI is InChI=1S/C7H4BrF2NO3/c8-3-1-2(12)4(7(13)14)5(11-3)6(9)10/h1,6H,(H,11,12)(H,13,14). The molecule has 0 fully saturated rings. The van der Waals surface area contributed by atoms with Gasteiger partial charge in [-0.15, -0.1) is 0 Å². The Bertz CT molecular complexity index is 429. The third kappa shape index (κ3) is 1.98. The van der Waals surface area contributed by atoms with E-state index in [4.69, 9.17) is 5.11 Å². The molecule has 0 aromatic carbocycles. The van der Waals surface area contributed by atoms with Crippen LogP contribution in [0.1, 0.15) is 22.5 Å². The van der Waals surface area contributed by atoms with Crippen molar-refractivity contribution in [3.05, 3.63) is 32.2 Å². The number of rotatable bonds is 2. The van der Waals surface area contributed by atoms with Crippen molar-refractivity contribution < 1.29 is 18.7 Å². The van der Waals surface area contributed by atoms with Crippen molar-refractivity contribution >= 4 is 21.9 Å². The molecule has 4 nitrogen and oxygen atoms in total. The first-order valence-electron chi connectivity index (χ1n) is 3.37. The van der Waals surface area contributed by atoms with Crippen LogP contribution in [0.2, 0.25) is 0 Å². The lowest BCUT2D eigenvalue weighted by Gasteiger charge is -2.04. The molecule has 0 spiro atoms. The molecule has 0 saturated heterocycles. The van der Waals surface area contributed by atoms with Gasteiger partial charge in [-0.25, -0.2) is 13.6 Å². The van der Waals surface area contributed by atoms with E-state index in [-0.39, 0.29) is 4.60 Å². The Balaban J connectivity index is 3.53. The lowest BCUT2D eigenvalue weighted by molar-refractivity contribution is 0.0680. The SMILES string of the molecule is O=C(O)c1c(C(F)F)[nH]c(Br)cc1=O. The molecule has 0 atom stereocenters. The molecule has 1 aromatic heterocycles. The summed E-state index contributed by atoms with van der Waals surface area (Å²) in [5.41, 5.74) is -2.78. The Morgan fingerprint density at radius 2 is 2.14 bits per heavy atom. The monoisotopic (exact) mass is 267 g/mol. The highest BCUT2D eigenvalue weighted by molar-refractivity contribution is 9.10. The minimum absolute atomic E-state index is 0.0165. The first kappa shape index (κ1) is 10.8. The zero-order valence-electron chi connectivity index (χ0n) is 6.55. The van der Waals surface area contributed by atoms with Gasteiger partial charge in [0.2, 0.25) is 0 Å². The van der Waals surface area contributed by atoms with E-state index in [0.29, 0.717) is 0 Å². The van der Waals surface area contributed by atoms with Crippen molar-refractivity contribution in [1.29, 1.82) is 0 Å². The number of alkyl halides is 2. The van der Waals surface area contributed by atoms with Crippen molar-refractivity contribution in [2.45, 2.75) is 6.43 Å². The number of aromatic nitrogens is 1. The topological polar surface area (TPSA) is 70.2 Å². The van der Waals surface area contributed by atoms with Crippen LogP contribution in [0.25, 0.3) is 0 Å². The number of carbonyl (C=O) groups is 1. The van der Waals surface area contributed by atoms with Gasteiger partial charge in [-0.3, -0.25) is 4.79 Å². The third-order valence-electron chi connectivity index (χ3n) is 1.46. The highest BCUT2D eigenvalue weighted by Crippen LogP contribution is 2.20. The fourth-order valence-electron chi connectivity index (χ4n) is 0.931. The number of hydrogen-bond donors (Lipinski definition) is 2. The van der Waals surface area contributed by atoms with E-state index in [9.17, 15) is 18.4 Å². The van der Waals surface area contributed by atoms with Gasteiger partial charge < -0.3 is 10.1 Å². The van der Waals surface area contributed by atoms with E-state index in [0.717, 1.165) is 6.07 Å². The zero-order valence-corrected chi connectivity index (χ0v) is 8.14. The fraction of sp³-hybridized carbons (Fsp3) is 0.143. The van der Waals surface area contributed by atoms with Gasteiger partial charge in [0.1, 0.15) is 11.3 Å². The van der Waals surface area contributed by atoms with Crippen molar-refractivity contribution in [1.82, 2.24) is 4.98 Å². The predicted octanol–water partition coefficient (Wildman–Crippen LogP) is 1.77. The Morgan fingerprint density at radius 1 is 1.57 bits per heavy atom. The van der Waals surface area contributed by atoms with Crippen LogP contribution in [0, 0.1) is 0 Å². The summed E-state index contributed by atoms with van der Waals surface area (Å²) in [7, 11) is 0. The maximum atomic E-state index is 12.3. The molecule has 0 bridgehead atoms. The zero-order chi connectivity index (χ0) is 10.9. The number of carboxylic acid groups (broad SMARTS) is 1. The molecular formula is C7H4BrF2NO3. The average Bonchev–Trinajstić information content (AvgIpc) is 2.01. The molecule has 0 radical (unpaired) electrons. The lowest BCUT2D eigenvalue weighted by atomic mass is 10.2. The highest BCUT2D eigenvalue weighted by Gasteiger charge is 2.22. The summed E-state index contributed by atoms with van der Waals surface area (Å²) in [6, 6.07) is 0.884. The Labute approximate surface area is 84.7 Å². The molecule has 0 aliphatic heterocycles. The molecule has 1 aromatic rings. The fourth-order valence-corrected chi connectivity index (χ4v) is 1.35.